The normalized spacial score (nSPS) is 10.6. The predicted molar refractivity (Wildman–Crippen MR) is 169 cm³/mol. The number of hydrogen-bond acceptors (Lipinski definition) is 8. The minimum atomic E-state index is -0.153. The number of carbonyl (C=O) groups is 1. The minimum absolute atomic E-state index is 0.153. The van der Waals surface area contributed by atoms with Crippen LogP contribution < -0.4 is 14.8 Å². The van der Waals surface area contributed by atoms with E-state index in [0.29, 0.717) is 44.2 Å². The largest absolute Gasteiger partial charge is 0.493 e. The molecule has 0 unspecified atom stereocenters. The number of pyridine rings is 1. The lowest BCUT2D eigenvalue weighted by Crippen LogP contribution is -2.12. The fraction of sp³-hybridized carbons (Fsp3) is 0.152. The van der Waals surface area contributed by atoms with Gasteiger partial charge in [0.1, 0.15) is 11.1 Å². The van der Waals surface area contributed by atoms with E-state index < -0.39 is 0 Å². The Labute approximate surface area is 253 Å². The summed E-state index contributed by atoms with van der Waals surface area (Å²) in [5.41, 5.74) is 6.45. The highest BCUT2D eigenvalue weighted by Crippen LogP contribution is 2.42. The van der Waals surface area contributed by atoms with Crippen molar-refractivity contribution in [3.63, 3.8) is 0 Å². The molecular weight excluding hydrogens is 565 g/mol. The van der Waals surface area contributed by atoms with Crippen molar-refractivity contribution < 1.29 is 14.3 Å². The Morgan fingerprint density at radius 2 is 1.69 bits per heavy atom. The van der Waals surface area contributed by atoms with Crippen LogP contribution in [0, 0.1) is 18.3 Å². The van der Waals surface area contributed by atoms with E-state index in [1.54, 1.807) is 14.2 Å². The number of methoxy groups -OCH3 is 2. The molecule has 2 heterocycles. The summed E-state index contributed by atoms with van der Waals surface area (Å²) in [6.45, 7) is 2.04. The molecule has 210 valence electrons. The summed E-state index contributed by atoms with van der Waals surface area (Å²) in [4.78, 5) is 22.2. The highest BCUT2D eigenvalue weighted by atomic mass is 32.2. The second kappa shape index (κ2) is 13.3. The van der Waals surface area contributed by atoms with Gasteiger partial charge in [0.2, 0.25) is 5.91 Å². The van der Waals surface area contributed by atoms with Crippen molar-refractivity contribution in [1.29, 1.82) is 5.26 Å². The van der Waals surface area contributed by atoms with E-state index in [9.17, 15) is 10.1 Å². The third-order valence-electron chi connectivity index (χ3n) is 6.53. The third kappa shape index (κ3) is 6.46. The Hall–Kier alpha value is -4.65. The van der Waals surface area contributed by atoms with Crippen molar-refractivity contribution in [3.8, 4) is 51.2 Å². The van der Waals surface area contributed by atoms with Crippen LogP contribution >= 0.6 is 23.1 Å². The Bertz CT molecular complexity index is 1750. The number of aryl methyl sites for hydroxylation is 1. The number of nitriles is 1. The monoisotopic (exact) mass is 592 g/mol. The summed E-state index contributed by atoms with van der Waals surface area (Å²) >= 11 is 2.76. The fourth-order valence-electron chi connectivity index (χ4n) is 4.41. The number of aromatic nitrogens is 2. The number of carbonyl (C=O) groups excluding carboxylic acids is 1. The molecule has 0 radical (unpaired) electrons. The summed E-state index contributed by atoms with van der Waals surface area (Å²) in [6.07, 6.45) is 0.226. The molecule has 9 heteroatoms. The number of nitrogens with one attached hydrogen (secondary N) is 1. The molecule has 0 bridgehead atoms. The number of benzene rings is 3. The lowest BCUT2D eigenvalue weighted by molar-refractivity contribution is -0.115. The summed E-state index contributed by atoms with van der Waals surface area (Å²) in [6, 6.07) is 27.7. The van der Waals surface area contributed by atoms with E-state index in [0.717, 1.165) is 22.4 Å². The molecule has 0 fully saturated rings. The highest BCUT2D eigenvalue weighted by molar-refractivity contribution is 7.99. The van der Waals surface area contributed by atoms with Crippen molar-refractivity contribution >= 4 is 34.1 Å². The molecule has 0 aliphatic heterocycles. The third-order valence-corrected chi connectivity index (χ3v) is 8.26. The first-order valence-corrected chi connectivity index (χ1v) is 15.0. The molecule has 0 aliphatic rings. The number of hydrogen-bond donors (Lipinski definition) is 1. The molecule has 0 aliphatic carbocycles. The van der Waals surface area contributed by atoms with Gasteiger partial charge in [-0.05, 0) is 19.1 Å². The zero-order chi connectivity index (χ0) is 29.5. The molecule has 2 aromatic heterocycles. The molecule has 5 aromatic rings. The number of nitrogens with zero attached hydrogens (tertiary/aromatic N) is 3. The average Bonchev–Trinajstić information content (AvgIpc) is 3.49. The van der Waals surface area contributed by atoms with Gasteiger partial charge in [-0.1, -0.05) is 72.3 Å². The van der Waals surface area contributed by atoms with Crippen molar-refractivity contribution in [1.82, 2.24) is 9.97 Å². The van der Waals surface area contributed by atoms with Crippen molar-refractivity contribution in [2.45, 2.75) is 18.4 Å². The molecular formula is C33H28N4O3S2. The predicted octanol–water partition coefficient (Wildman–Crippen LogP) is 7.86. The van der Waals surface area contributed by atoms with Crippen LogP contribution in [0.25, 0.3) is 33.6 Å². The summed E-state index contributed by atoms with van der Waals surface area (Å²) < 4.78 is 11.2. The Morgan fingerprint density at radius 3 is 2.40 bits per heavy atom. The smallest absolute Gasteiger partial charge is 0.226 e. The van der Waals surface area contributed by atoms with Crippen LogP contribution in [0.3, 0.4) is 0 Å². The van der Waals surface area contributed by atoms with Gasteiger partial charge in [-0.3, -0.25) is 4.79 Å². The van der Waals surface area contributed by atoms with Crippen molar-refractivity contribution in [3.05, 3.63) is 95.4 Å². The van der Waals surface area contributed by atoms with Crippen LogP contribution in [-0.4, -0.2) is 35.8 Å². The maximum absolute atomic E-state index is 12.8. The van der Waals surface area contributed by atoms with Crippen LogP contribution in [0.1, 0.15) is 17.5 Å². The van der Waals surface area contributed by atoms with Gasteiger partial charge in [-0.2, -0.15) is 5.26 Å². The number of ether oxygens (including phenoxy) is 2. The second-order valence-corrected chi connectivity index (χ2v) is 11.2. The minimum Gasteiger partial charge on any atom is -0.493 e. The quantitative estimate of drug-likeness (QED) is 0.165. The van der Waals surface area contributed by atoms with E-state index in [1.165, 1.54) is 28.7 Å². The van der Waals surface area contributed by atoms with E-state index in [1.807, 2.05) is 91.2 Å². The van der Waals surface area contributed by atoms with Crippen LogP contribution in [0.5, 0.6) is 11.5 Å². The Morgan fingerprint density at radius 1 is 0.929 bits per heavy atom. The van der Waals surface area contributed by atoms with Gasteiger partial charge in [-0.25, -0.2) is 9.97 Å². The summed E-state index contributed by atoms with van der Waals surface area (Å²) in [5, 5.41) is 16.2. The average molecular weight is 593 g/mol. The maximum atomic E-state index is 12.8. The first-order valence-electron chi connectivity index (χ1n) is 13.2. The van der Waals surface area contributed by atoms with Crippen molar-refractivity contribution in [2.75, 3.05) is 25.3 Å². The summed E-state index contributed by atoms with van der Waals surface area (Å²) in [5.74, 6) is 1.37. The number of thiazole rings is 1. The van der Waals surface area contributed by atoms with E-state index >= 15 is 0 Å². The highest BCUT2D eigenvalue weighted by Gasteiger charge is 2.20. The van der Waals surface area contributed by atoms with E-state index in [-0.39, 0.29) is 12.3 Å². The molecule has 42 heavy (non-hydrogen) atoms. The molecule has 1 amide bonds. The maximum Gasteiger partial charge on any atom is 0.226 e. The van der Waals surface area contributed by atoms with Gasteiger partial charge in [0.05, 0.1) is 31.2 Å². The lowest BCUT2D eigenvalue weighted by atomic mass is 9.98. The summed E-state index contributed by atoms with van der Waals surface area (Å²) in [7, 11) is 3.16. The first-order chi connectivity index (χ1) is 20.5. The number of para-hydroxylation sites is 1. The van der Waals surface area contributed by atoms with Gasteiger partial charge in [0.25, 0.3) is 0 Å². The molecule has 1 N–H and O–H groups in total. The number of rotatable bonds is 10. The van der Waals surface area contributed by atoms with E-state index in [2.05, 4.69) is 16.4 Å². The molecule has 5 rings (SSSR count). The number of amides is 1. The second-order valence-electron chi connectivity index (χ2n) is 9.30. The number of thioether (sulfide) groups is 1. The first kappa shape index (κ1) is 28.9. The molecule has 7 nitrogen and oxygen atoms in total. The standard InChI is InChI=1S/C33H28N4O3S2/c1-21-12-14-23(15-13-21)28-20-42-33(36-28)37-30(38)16-17-41-32-26(19-34)25(18-27(35-32)22-8-5-4-6-9-22)24-10-7-11-29(39-2)31(24)40-3/h4-15,18,20H,16-17H2,1-3H3,(H,36,37,38). The molecule has 0 saturated heterocycles. The van der Waals surface area contributed by atoms with Gasteiger partial charge in [0.15, 0.2) is 16.6 Å². The molecule has 0 spiro atoms. The van der Waals surface area contributed by atoms with Gasteiger partial charge < -0.3 is 14.8 Å². The SMILES string of the molecule is COc1cccc(-c2cc(-c3ccccc3)nc(SCCC(=O)Nc3nc(-c4ccc(C)cc4)cs3)c2C#N)c1OC. The van der Waals surface area contributed by atoms with Gasteiger partial charge in [0, 0.05) is 39.8 Å². The topological polar surface area (TPSA) is 97.1 Å². The van der Waals surface area contributed by atoms with Crippen LogP contribution in [0.4, 0.5) is 5.13 Å². The van der Waals surface area contributed by atoms with Gasteiger partial charge in [-0.15, -0.1) is 23.1 Å². The van der Waals surface area contributed by atoms with Crippen LogP contribution in [0.2, 0.25) is 0 Å². The Balaban J connectivity index is 1.38. The fourth-order valence-corrected chi connectivity index (χ4v) is 6.09. The molecule has 0 atom stereocenters. The van der Waals surface area contributed by atoms with Crippen LogP contribution in [0.15, 0.2) is 89.3 Å². The van der Waals surface area contributed by atoms with Crippen molar-refractivity contribution in [2.24, 2.45) is 0 Å². The lowest BCUT2D eigenvalue weighted by Gasteiger charge is -2.16. The van der Waals surface area contributed by atoms with Crippen LogP contribution in [-0.2, 0) is 4.79 Å². The molecule has 3 aromatic carbocycles. The zero-order valence-corrected chi connectivity index (χ0v) is 25.0. The zero-order valence-electron chi connectivity index (χ0n) is 23.4. The van der Waals surface area contributed by atoms with E-state index in [4.69, 9.17) is 14.5 Å². The Kier molecular flexibility index (Phi) is 9.17. The number of anilines is 1. The van der Waals surface area contributed by atoms with Gasteiger partial charge >= 0.3 is 0 Å². The molecule has 0 saturated carbocycles.